The summed E-state index contributed by atoms with van der Waals surface area (Å²) < 4.78 is 53.3. The van der Waals surface area contributed by atoms with Gasteiger partial charge >= 0.3 is 0 Å². The van der Waals surface area contributed by atoms with Crippen LogP contribution in [-0.4, -0.2) is 46.1 Å². The van der Waals surface area contributed by atoms with Crippen LogP contribution in [0.3, 0.4) is 0 Å². The zero-order valence-electron chi connectivity index (χ0n) is 21.4. The van der Waals surface area contributed by atoms with Gasteiger partial charge in [0.25, 0.3) is 5.92 Å². The third-order valence-electron chi connectivity index (χ3n) is 6.46. The van der Waals surface area contributed by atoms with Crippen LogP contribution >= 0.6 is 0 Å². The predicted molar refractivity (Wildman–Crippen MR) is 139 cm³/mol. The number of nitrogens with zero attached hydrogens (tertiary/aromatic N) is 4. The summed E-state index contributed by atoms with van der Waals surface area (Å²) >= 11 is 0. The zero-order valence-corrected chi connectivity index (χ0v) is 21.4. The second-order valence-electron chi connectivity index (χ2n) is 9.48. The smallest absolute Gasteiger partial charge is 0.252 e. The van der Waals surface area contributed by atoms with E-state index in [9.17, 15) is 31.9 Å². The van der Waals surface area contributed by atoms with Gasteiger partial charge in [0, 0.05) is 43.1 Å². The highest BCUT2D eigenvalue weighted by Crippen LogP contribution is 2.37. The molecular weight excluding hydrogens is 544 g/mol. The summed E-state index contributed by atoms with van der Waals surface area (Å²) in [7, 11) is 0. The number of rotatable bonds is 7. The molecule has 2 aromatic heterocycles. The lowest BCUT2D eigenvalue weighted by atomic mass is 9.88. The lowest BCUT2D eigenvalue weighted by Crippen LogP contribution is -2.52. The molecule has 1 aliphatic heterocycles. The summed E-state index contributed by atoms with van der Waals surface area (Å²) in [5.74, 6) is -4.48. The highest BCUT2D eigenvalue weighted by molar-refractivity contribution is 5.99. The maximum absolute atomic E-state index is 14.1. The van der Waals surface area contributed by atoms with Crippen molar-refractivity contribution in [2.45, 2.75) is 49.7 Å². The molecule has 3 heterocycles. The number of aromatic nitrogens is 2. The summed E-state index contributed by atoms with van der Waals surface area (Å²) in [6.07, 6.45) is 4.42. The molecular formula is C28H24F4N6O3. The molecule has 2 N–H and O–H groups in total. The summed E-state index contributed by atoms with van der Waals surface area (Å²) in [4.78, 5) is 43.9. The molecule has 41 heavy (non-hydrogen) atoms. The maximum Gasteiger partial charge on any atom is 0.252 e. The minimum atomic E-state index is -2.79. The van der Waals surface area contributed by atoms with Gasteiger partial charge in [-0.15, -0.1) is 0 Å². The largest absolute Gasteiger partial charge is 0.369 e. The molecule has 2 atom stereocenters. The Bertz CT molecular complexity index is 1470. The number of carbonyl (C=O) groups excluding carboxylic acids is 3. The molecule has 0 spiro atoms. The Morgan fingerprint density at radius 1 is 1.17 bits per heavy atom. The van der Waals surface area contributed by atoms with Crippen LogP contribution in [-0.2, 0) is 14.4 Å². The molecule has 3 aromatic rings. The van der Waals surface area contributed by atoms with Gasteiger partial charge in [-0.1, -0.05) is 18.2 Å². The molecule has 13 heteroatoms. The number of aldehydes is 1. The molecule has 1 saturated heterocycles. The standard InChI is InChI=1S/C17H15F4N3O.C11H9N3O2/c18-10-5-11(9-22-8-10)23-15(13-3-1-2-4-14(13)19)16(25)24-12-6-17(20,21)7-12;12-6-8-3-4-13-10(5-8)14-9(7-15)1-2-11(14)16/h1-5,8-9,12,15,23H,6-7H2,(H,24,25);3-5,7,9H,1-2H2/t15-;9-/m00/s1. The monoisotopic (exact) mass is 568 g/mol. The third-order valence-corrected chi connectivity index (χ3v) is 6.46. The molecule has 2 fully saturated rings. The van der Waals surface area contributed by atoms with Crippen LogP contribution in [0.25, 0.3) is 0 Å². The Morgan fingerprint density at radius 2 is 1.93 bits per heavy atom. The Hall–Kier alpha value is -4.86. The second kappa shape index (κ2) is 12.5. The fraction of sp³-hybridized carbons (Fsp3) is 0.286. The highest BCUT2D eigenvalue weighted by atomic mass is 19.3. The van der Waals surface area contributed by atoms with Crippen molar-refractivity contribution in [3.8, 4) is 6.07 Å². The number of alkyl halides is 2. The first-order valence-corrected chi connectivity index (χ1v) is 12.5. The van der Waals surface area contributed by atoms with Gasteiger partial charge in [0.15, 0.2) is 0 Å². The van der Waals surface area contributed by atoms with Crippen LogP contribution in [0.2, 0.25) is 0 Å². The average molecular weight is 569 g/mol. The van der Waals surface area contributed by atoms with Gasteiger partial charge in [0.05, 0.1) is 35.8 Å². The van der Waals surface area contributed by atoms with Crippen LogP contribution in [0, 0.1) is 23.0 Å². The third kappa shape index (κ3) is 7.21. The Morgan fingerprint density at radius 3 is 2.59 bits per heavy atom. The quantitative estimate of drug-likeness (QED) is 0.325. The van der Waals surface area contributed by atoms with E-state index in [1.807, 2.05) is 6.07 Å². The second-order valence-corrected chi connectivity index (χ2v) is 9.48. The molecule has 9 nitrogen and oxygen atoms in total. The molecule has 1 aliphatic carbocycles. The molecule has 0 radical (unpaired) electrons. The SMILES string of the molecule is N#Cc1ccnc(N2C(=O)CC[C@H]2C=O)c1.O=C(NC1CC(F)(F)C1)[C@@H](Nc1cncc(F)c1)c1ccccc1F. The zero-order chi connectivity index (χ0) is 29.6. The van der Waals surface area contributed by atoms with Crippen molar-refractivity contribution in [1.29, 1.82) is 5.26 Å². The molecule has 0 bridgehead atoms. The summed E-state index contributed by atoms with van der Waals surface area (Å²) in [5, 5.41) is 13.9. The number of nitriles is 1. The number of benzene rings is 1. The number of nitrogens with one attached hydrogen (secondary N) is 2. The van der Waals surface area contributed by atoms with Crippen LogP contribution in [0.15, 0.2) is 61.1 Å². The maximum atomic E-state index is 14.1. The van der Waals surface area contributed by atoms with Gasteiger partial charge in [-0.3, -0.25) is 19.5 Å². The summed E-state index contributed by atoms with van der Waals surface area (Å²) in [6, 6.07) is 9.39. The molecule has 0 unspecified atom stereocenters. The van der Waals surface area contributed by atoms with E-state index in [1.165, 1.54) is 41.6 Å². The number of amides is 2. The van der Waals surface area contributed by atoms with E-state index < -0.39 is 54.4 Å². The molecule has 212 valence electrons. The van der Waals surface area contributed by atoms with Crippen LogP contribution in [0.5, 0.6) is 0 Å². The van der Waals surface area contributed by atoms with Gasteiger partial charge in [0.1, 0.15) is 29.8 Å². The number of carbonyl (C=O) groups is 3. The van der Waals surface area contributed by atoms with E-state index in [1.54, 1.807) is 12.1 Å². The number of pyridine rings is 2. The Kier molecular flexibility index (Phi) is 8.91. The number of hydrogen-bond donors (Lipinski definition) is 2. The van der Waals surface area contributed by atoms with Crippen LogP contribution < -0.4 is 15.5 Å². The fourth-order valence-electron chi connectivity index (χ4n) is 4.45. The Balaban J connectivity index is 0.000000208. The predicted octanol–water partition coefficient (Wildman–Crippen LogP) is 4.07. The van der Waals surface area contributed by atoms with Gasteiger partial charge < -0.3 is 15.4 Å². The van der Waals surface area contributed by atoms with Crippen molar-refractivity contribution in [1.82, 2.24) is 15.3 Å². The van der Waals surface area contributed by atoms with Crippen molar-refractivity contribution in [3.63, 3.8) is 0 Å². The van der Waals surface area contributed by atoms with E-state index in [0.717, 1.165) is 18.5 Å². The van der Waals surface area contributed by atoms with E-state index >= 15 is 0 Å². The minimum absolute atomic E-state index is 0.0235. The summed E-state index contributed by atoms with van der Waals surface area (Å²) in [5.41, 5.74) is 0.618. The minimum Gasteiger partial charge on any atom is -0.369 e. The van der Waals surface area contributed by atoms with E-state index in [0.29, 0.717) is 24.2 Å². The topological polar surface area (TPSA) is 128 Å². The van der Waals surface area contributed by atoms with Gasteiger partial charge in [-0.25, -0.2) is 22.5 Å². The molecule has 2 aliphatic rings. The fourth-order valence-corrected chi connectivity index (χ4v) is 4.45. The van der Waals surface area contributed by atoms with E-state index in [2.05, 4.69) is 20.6 Å². The first-order chi connectivity index (χ1) is 19.6. The Labute approximate surface area is 232 Å². The molecule has 1 saturated carbocycles. The number of anilines is 2. The number of hydrogen-bond acceptors (Lipinski definition) is 7. The number of halogens is 4. The molecule has 2 amide bonds. The van der Waals surface area contributed by atoms with Crippen LogP contribution in [0.1, 0.15) is 42.9 Å². The lowest BCUT2D eigenvalue weighted by Gasteiger charge is -2.36. The first kappa shape index (κ1) is 29.1. The van der Waals surface area contributed by atoms with Gasteiger partial charge in [0.2, 0.25) is 11.8 Å². The van der Waals surface area contributed by atoms with Crippen molar-refractivity contribution in [3.05, 3.63) is 83.8 Å². The normalized spacial score (nSPS) is 18.3. The average Bonchev–Trinajstić information content (AvgIpc) is 3.32. The van der Waals surface area contributed by atoms with E-state index in [-0.39, 0.29) is 17.2 Å². The van der Waals surface area contributed by atoms with Crippen molar-refractivity contribution < 1.29 is 31.9 Å². The van der Waals surface area contributed by atoms with Crippen LogP contribution in [0.4, 0.5) is 29.1 Å². The molecule has 1 aromatic carbocycles. The van der Waals surface area contributed by atoms with Gasteiger partial charge in [-0.05, 0) is 24.6 Å². The van der Waals surface area contributed by atoms with Gasteiger partial charge in [-0.2, -0.15) is 5.26 Å². The summed E-state index contributed by atoms with van der Waals surface area (Å²) in [6.45, 7) is 0. The van der Waals surface area contributed by atoms with Crippen molar-refractivity contribution in [2.75, 3.05) is 10.2 Å². The first-order valence-electron chi connectivity index (χ1n) is 12.5. The lowest BCUT2D eigenvalue weighted by molar-refractivity contribution is -0.130. The molecule has 5 rings (SSSR count). The highest BCUT2D eigenvalue weighted by Gasteiger charge is 2.46. The van der Waals surface area contributed by atoms with Crippen molar-refractivity contribution >= 4 is 29.6 Å². The van der Waals surface area contributed by atoms with E-state index in [4.69, 9.17) is 5.26 Å². The van der Waals surface area contributed by atoms with Crippen molar-refractivity contribution in [2.24, 2.45) is 0 Å².